The van der Waals surface area contributed by atoms with E-state index in [9.17, 15) is 5.11 Å². The van der Waals surface area contributed by atoms with Crippen LogP contribution >= 0.6 is 11.8 Å². The van der Waals surface area contributed by atoms with Gasteiger partial charge in [0.05, 0.1) is 5.60 Å². The summed E-state index contributed by atoms with van der Waals surface area (Å²) in [6, 6.07) is 0. The van der Waals surface area contributed by atoms with E-state index < -0.39 is 0 Å². The summed E-state index contributed by atoms with van der Waals surface area (Å²) >= 11 is 1.93. The Labute approximate surface area is 78.9 Å². The predicted octanol–water partition coefficient (Wildman–Crippen LogP) is 2.43. The average Bonchev–Trinajstić information content (AvgIpc) is 2.77. The SMILES string of the molecule is CC1CC(O)(CCC2CC2)CS1. The van der Waals surface area contributed by atoms with E-state index in [-0.39, 0.29) is 5.60 Å². The van der Waals surface area contributed by atoms with Gasteiger partial charge in [-0.2, -0.15) is 11.8 Å². The Bertz CT molecular complexity index is 167. The summed E-state index contributed by atoms with van der Waals surface area (Å²) in [4.78, 5) is 0. The van der Waals surface area contributed by atoms with Crippen molar-refractivity contribution in [3.05, 3.63) is 0 Å². The van der Waals surface area contributed by atoms with E-state index in [1.807, 2.05) is 11.8 Å². The van der Waals surface area contributed by atoms with Gasteiger partial charge in [0.25, 0.3) is 0 Å². The fourth-order valence-electron chi connectivity index (χ4n) is 2.00. The zero-order valence-corrected chi connectivity index (χ0v) is 8.57. The molecule has 12 heavy (non-hydrogen) atoms. The molecule has 1 saturated carbocycles. The quantitative estimate of drug-likeness (QED) is 0.730. The number of hydrogen-bond donors (Lipinski definition) is 1. The van der Waals surface area contributed by atoms with Gasteiger partial charge in [0.2, 0.25) is 0 Å². The third kappa shape index (κ3) is 2.17. The Hall–Kier alpha value is 0.310. The molecular formula is C10H18OS. The van der Waals surface area contributed by atoms with Crippen molar-refractivity contribution in [3.8, 4) is 0 Å². The van der Waals surface area contributed by atoms with Gasteiger partial charge in [-0.05, 0) is 25.2 Å². The monoisotopic (exact) mass is 186 g/mol. The van der Waals surface area contributed by atoms with Crippen molar-refractivity contribution in [3.63, 3.8) is 0 Å². The Morgan fingerprint density at radius 3 is 2.75 bits per heavy atom. The number of rotatable bonds is 3. The van der Waals surface area contributed by atoms with E-state index >= 15 is 0 Å². The van der Waals surface area contributed by atoms with Crippen molar-refractivity contribution in [1.82, 2.24) is 0 Å². The second-order valence-electron chi connectivity index (χ2n) is 4.53. The van der Waals surface area contributed by atoms with E-state index in [1.165, 1.54) is 19.3 Å². The molecule has 0 aromatic carbocycles. The highest BCUT2D eigenvalue weighted by Gasteiger charge is 2.37. The zero-order chi connectivity index (χ0) is 8.60. The molecule has 70 valence electrons. The van der Waals surface area contributed by atoms with Gasteiger partial charge in [-0.25, -0.2) is 0 Å². The van der Waals surface area contributed by atoms with Crippen LogP contribution in [0.15, 0.2) is 0 Å². The van der Waals surface area contributed by atoms with Crippen LogP contribution in [0.25, 0.3) is 0 Å². The van der Waals surface area contributed by atoms with Gasteiger partial charge in [0, 0.05) is 11.0 Å². The summed E-state index contributed by atoms with van der Waals surface area (Å²) < 4.78 is 0. The minimum Gasteiger partial charge on any atom is -0.389 e. The van der Waals surface area contributed by atoms with Crippen LogP contribution in [0.5, 0.6) is 0 Å². The highest BCUT2D eigenvalue weighted by molar-refractivity contribution is 8.00. The molecule has 1 saturated heterocycles. The molecule has 0 spiro atoms. The molecule has 0 bridgehead atoms. The van der Waals surface area contributed by atoms with E-state index in [2.05, 4.69) is 6.92 Å². The van der Waals surface area contributed by atoms with Crippen LogP contribution in [0.3, 0.4) is 0 Å². The Morgan fingerprint density at radius 2 is 2.25 bits per heavy atom. The first-order valence-electron chi connectivity index (χ1n) is 5.02. The smallest absolute Gasteiger partial charge is 0.0748 e. The second kappa shape index (κ2) is 3.22. The summed E-state index contributed by atoms with van der Waals surface area (Å²) in [5, 5.41) is 10.8. The van der Waals surface area contributed by atoms with Gasteiger partial charge in [0.1, 0.15) is 0 Å². The van der Waals surface area contributed by atoms with Crippen molar-refractivity contribution < 1.29 is 5.11 Å². The predicted molar refractivity (Wildman–Crippen MR) is 53.4 cm³/mol. The molecule has 1 heterocycles. The minimum atomic E-state index is -0.299. The summed E-state index contributed by atoms with van der Waals surface area (Å²) in [6.45, 7) is 2.22. The Balaban J connectivity index is 1.76. The zero-order valence-electron chi connectivity index (χ0n) is 7.75. The van der Waals surface area contributed by atoms with Gasteiger partial charge >= 0.3 is 0 Å². The van der Waals surface area contributed by atoms with Crippen LogP contribution in [0.2, 0.25) is 0 Å². The summed E-state index contributed by atoms with van der Waals surface area (Å²) in [7, 11) is 0. The molecule has 1 aliphatic carbocycles. The summed E-state index contributed by atoms with van der Waals surface area (Å²) in [6.07, 6.45) is 6.17. The van der Waals surface area contributed by atoms with Crippen molar-refractivity contribution >= 4 is 11.8 Å². The van der Waals surface area contributed by atoms with Gasteiger partial charge in [-0.1, -0.05) is 19.8 Å². The lowest BCUT2D eigenvalue weighted by molar-refractivity contribution is 0.0511. The van der Waals surface area contributed by atoms with E-state index in [0.29, 0.717) is 5.25 Å². The molecule has 0 aromatic rings. The molecule has 0 radical (unpaired) electrons. The lowest BCUT2D eigenvalue weighted by Gasteiger charge is -2.21. The van der Waals surface area contributed by atoms with Gasteiger partial charge in [0.15, 0.2) is 0 Å². The van der Waals surface area contributed by atoms with Crippen molar-refractivity contribution in [1.29, 1.82) is 0 Å². The largest absolute Gasteiger partial charge is 0.389 e. The van der Waals surface area contributed by atoms with Crippen molar-refractivity contribution in [2.45, 2.75) is 49.9 Å². The molecule has 2 atom stereocenters. The van der Waals surface area contributed by atoms with Gasteiger partial charge in [-0.15, -0.1) is 0 Å². The first-order valence-corrected chi connectivity index (χ1v) is 6.07. The van der Waals surface area contributed by atoms with E-state index in [0.717, 1.165) is 24.5 Å². The lowest BCUT2D eigenvalue weighted by Crippen LogP contribution is -2.28. The number of thioether (sulfide) groups is 1. The molecular weight excluding hydrogens is 168 g/mol. The molecule has 2 rings (SSSR count). The highest BCUT2D eigenvalue weighted by atomic mass is 32.2. The molecule has 1 N–H and O–H groups in total. The third-order valence-corrected chi connectivity index (χ3v) is 4.46. The Kier molecular flexibility index (Phi) is 2.39. The molecule has 2 aliphatic rings. The second-order valence-corrected chi connectivity index (χ2v) is 5.96. The van der Waals surface area contributed by atoms with E-state index in [4.69, 9.17) is 0 Å². The van der Waals surface area contributed by atoms with Crippen LogP contribution in [0.4, 0.5) is 0 Å². The maximum atomic E-state index is 10.1. The first-order chi connectivity index (χ1) is 5.68. The lowest BCUT2D eigenvalue weighted by atomic mass is 9.94. The van der Waals surface area contributed by atoms with Crippen LogP contribution in [0, 0.1) is 5.92 Å². The minimum absolute atomic E-state index is 0.299. The Morgan fingerprint density at radius 1 is 1.50 bits per heavy atom. The van der Waals surface area contributed by atoms with Crippen LogP contribution in [-0.2, 0) is 0 Å². The van der Waals surface area contributed by atoms with Crippen LogP contribution in [-0.4, -0.2) is 21.7 Å². The molecule has 1 aliphatic heterocycles. The van der Waals surface area contributed by atoms with E-state index in [1.54, 1.807) is 0 Å². The maximum absolute atomic E-state index is 10.1. The van der Waals surface area contributed by atoms with Gasteiger partial charge < -0.3 is 5.11 Å². The molecule has 2 heteroatoms. The van der Waals surface area contributed by atoms with Crippen molar-refractivity contribution in [2.75, 3.05) is 5.75 Å². The number of hydrogen-bond acceptors (Lipinski definition) is 2. The fourth-order valence-corrected chi connectivity index (χ4v) is 3.29. The molecule has 0 amide bonds. The molecule has 2 unspecified atom stereocenters. The topological polar surface area (TPSA) is 20.2 Å². The first kappa shape index (κ1) is 8.89. The van der Waals surface area contributed by atoms with Crippen LogP contribution < -0.4 is 0 Å². The maximum Gasteiger partial charge on any atom is 0.0748 e. The molecule has 2 fully saturated rings. The molecule has 0 aromatic heterocycles. The van der Waals surface area contributed by atoms with Crippen molar-refractivity contribution in [2.24, 2.45) is 5.92 Å². The molecule has 1 nitrogen and oxygen atoms in total. The van der Waals surface area contributed by atoms with Crippen LogP contribution in [0.1, 0.15) is 39.0 Å². The normalized spacial score (nSPS) is 42.0. The van der Waals surface area contributed by atoms with Gasteiger partial charge in [-0.3, -0.25) is 0 Å². The summed E-state index contributed by atoms with van der Waals surface area (Å²) in [5.41, 5.74) is -0.299. The fraction of sp³-hybridized carbons (Fsp3) is 1.00. The number of aliphatic hydroxyl groups is 1. The standard InChI is InChI=1S/C10H18OS/c1-8-6-10(11,7-12-8)5-4-9-2-3-9/h8-9,11H,2-7H2,1H3. The average molecular weight is 186 g/mol. The highest BCUT2D eigenvalue weighted by Crippen LogP contribution is 2.41. The summed E-state index contributed by atoms with van der Waals surface area (Å²) in [5.74, 6) is 1.94. The third-order valence-electron chi connectivity index (χ3n) is 3.02.